The molecule has 2 aliphatic carbocycles. The van der Waals surface area contributed by atoms with Crippen molar-refractivity contribution >= 4 is 21.6 Å². The summed E-state index contributed by atoms with van der Waals surface area (Å²) >= 11 is 5.80. The predicted octanol–water partition coefficient (Wildman–Crippen LogP) is 3.44. The molecule has 0 radical (unpaired) electrons. The molecule has 2 saturated carbocycles. The van der Waals surface area contributed by atoms with Crippen LogP contribution in [-0.4, -0.2) is 14.5 Å². The predicted molar refractivity (Wildman–Crippen MR) is 80.2 cm³/mol. The normalized spacial score (nSPS) is 30.6. The lowest BCUT2D eigenvalue weighted by Crippen LogP contribution is -2.40. The molecule has 3 nitrogen and oxygen atoms in total. The fourth-order valence-electron chi connectivity index (χ4n) is 3.92. The lowest BCUT2D eigenvalue weighted by molar-refractivity contribution is 0.280. The van der Waals surface area contributed by atoms with Gasteiger partial charge in [-0.1, -0.05) is 18.0 Å². The van der Waals surface area contributed by atoms with Crippen LogP contribution in [0.1, 0.15) is 32.6 Å². The standard InChI is InChI=1S/C15H20ClNO2S/c1-10(15-9-11-2-3-12(15)8-11)17-20(18,19)14-6-4-13(16)5-7-14/h4-7,10-12,15,17H,2-3,8-9H2,1H3/t10-,11-,12+,15-/m0/s1. The Kier molecular flexibility index (Phi) is 3.82. The average molecular weight is 314 g/mol. The van der Waals surface area contributed by atoms with Crippen LogP contribution in [-0.2, 0) is 10.0 Å². The summed E-state index contributed by atoms with van der Waals surface area (Å²) in [5.74, 6) is 2.03. The molecule has 1 aromatic carbocycles. The number of halogens is 1. The molecule has 20 heavy (non-hydrogen) atoms. The molecular weight excluding hydrogens is 294 g/mol. The number of hydrogen-bond acceptors (Lipinski definition) is 2. The van der Waals surface area contributed by atoms with Crippen LogP contribution in [0, 0.1) is 17.8 Å². The van der Waals surface area contributed by atoms with E-state index in [-0.39, 0.29) is 10.9 Å². The molecule has 2 fully saturated rings. The quantitative estimate of drug-likeness (QED) is 0.925. The first-order valence-corrected chi connectivity index (χ1v) is 9.10. The highest BCUT2D eigenvalue weighted by molar-refractivity contribution is 7.89. The molecule has 5 heteroatoms. The average Bonchev–Trinajstić information content (AvgIpc) is 3.01. The van der Waals surface area contributed by atoms with E-state index in [1.165, 1.54) is 25.7 Å². The SMILES string of the molecule is C[C@H](NS(=O)(=O)c1ccc(Cl)cc1)[C@@H]1C[C@H]2CC[C@@H]1C2. The van der Waals surface area contributed by atoms with Gasteiger partial charge in [0, 0.05) is 11.1 Å². The summed E-state index contributed by atoms with van der Waals surface area (Å²) in [7, 11) is -3.44. The molecule has 1 N–H and O–H groups in total. The Morgan fingerprint density at radius 1 is 1.20 bits per heavy atom. The van der Waals surface area contributed by atoms with Gasteiger partial charge in [0.1, 0.15) is 0 Å². The van der Waals surface area contributed by atoms with E-state index in [2.05, 4.69) is 4.72 Å². The Morgan fingerprint density at radius 2 is 1.90 bits per heavy atom. The second-order valence-electron chi connectivity index (χ2n) is 6.20. The fourth-order valence-corrected chi connectivity index (χ4v) is 5.34. The van der Waals surface area contributed by atoms with E-state index in [0.29, 0.717) is 16.9 Å². The smallest absolute Gasteiger partial charge is 0.208 e. The summed E-state index contributed by atoms with van der Waals surface area (Å²) in [5, 5.41) is 0.546. The molecule has 0 unspecified atom stereocenters. The van der Waals surface area contributed by atoms with Crippen molar-refractivity contribution in [2.75, 3.05) is 0 Å². The maximum atomic E-state index is 12.4. The Bertz CT molecular complexity index is 584. The molecule has 3 rings (SSSR count). The van der Waals surface area contributed by atoms with E-state index in [0.717, 1.165) is 5.92 Å². The van der Waals surface area contributed by atoms with Gasteiger partial charge in [-0.15, -0.1) is 0 Å². The lowest BCUT2D eigenvalue weighted by atomic mass is 9.84. The van der Waals surface area contributed by atoms with Gasteiger partial charge < -0.3 is 0 Å². The number of benzene rings is 1. The van der Waals surface area contributed by atoms with Crippen LogP contribution in [0.2, 0.25) is 5.02 Å². The number of nitrogens with one attached hydrogen (secondary N) is 1. The van der Waals surface area contributed by atoms with Crippen molar-refractivity contribution in [3.8, 4) is 0 Å². The van der Waals surface area contributed by atoms with E-state index < -0.39 is 10.0 Å². The molecular formula is C15H20ClNO2S. The summed E-state index contributed by atoms with van der Waals surface area (Å²) in [5.41, 5.74) is 0. The minimum atomic E-state index is -3.44. The van der Waals surface area contributed by atoms with E-state index in [1.807, 2.05) is 6.92 Å². The molecule has 2 bridgehead atoms. The van der Waals surface area contributed by atoms with Gasteiger partial charge in [0.2, 0.25) is 10.0 Å². The minimum Gasteiger partial charge on any atom is -0.208 e. The maximum absolute atomic E-state index is 12.4. The van der Waals surface area contributed by atoms with Crippen molar-refractivity contribution in [3.05, 3.63) is 29.3 Å². The van der Waals surface area contributed by atoms with Gasteiger partial charge >= 0.3 is 0 Å². The Labute approximate surface area is 125 Å². The van der Waals surface area contributed by atoms with E-state index in [4.69, 9.17) is 11.6 Å². The third kappa shape index (κ3) is 2.74. The van der Waals surface area contributed by atoms with Gasteiger partial charge in [-0.2, -0.15) is 0 Å². The summed E-state index contributed by atoms with van der Waals surface area (Å²) in [4.78, 5) is 0.289. The zero-order valence-corrected chi connectivity index (χ0v) is 13.1. The molecule has 0 spiro atoms. The van der Waals surface area contributed by atoms with Crippen LogP contribution in [0.4, 0.5) is 0 Å². The van der Waals surface area contributed by atoms with Gasteiger partial charge in [0.25, 0.3) is 0 Å². The fraction of sp³-hybridized carbons (Fsp3) is 0.600. The number of sulfonamides is 1. The van der Waals surface area contributed by atoms with Crippen molar-refractivity contribution in [1.29, 1.82) is 0 Å². The summed E-state index contributed by atoms with van der Waals surface area (Å²) in [6.07, 6.45) is 5.06. The van der Waals surface area contributed by atoms with E-state index in [9.17, 15) is 8.42 Å². The van der Waals surface area contributed by atoms with Crippen molar-refractivity contribution < 1.29 is 8.42 Å². The van der Waals surface area contributed by atoms with Crippen molar-refractivity contribution in [1.82, 2.24) is 4.72 Å². The summed E-state index contributed by atoms with van der Waals surface area (Å²) in [6, 6.07) is 6.33. The third-order valence-electron chi connectivity index (χ3n) is 4.90. The van der Waals surface area contributed by atoms with Crippen LogP contribution < -0.4 is 4.72 Å². The van der Waals surface area contributed by atoms with Crippen molar-refractivity contribution in [2.24, 2.45) is 17.8 Å². The molecule has 0 heterocycles. The van der Waals surface area contributed by atoms with Crippen LogP contribution >= 0.6 is 11.6 Å². The lowest BCUT2D eigenvalue weighted by Gasteiger charge is -2.28. The van der Waals surface area contributed by atoms with E-state index >= 15 is 0 Å². The van der Waals surface area contributed by atoms with Gasteiger partial charge in [0.15, 0.2) is 0 Å². The van der Waals surface area contributed by atoms with Crippen molar-refractivity contribution in [2.45, 2.75) is 43.5 Å². The maximum Gasteiger partial charge on any atom is 0.240 e. The molecule has 0 aromatic heterocycles. The number of hydrogen-bond donors (Lipinski definition) is 1. The minimum absolute atomic E-state index is 0.00554. The van der Waals surface area contributed by atoms with Gasteiger partial charge in [-0.05, 0) is 68.2 Å². The Balaban J connectivity index is 1.71. The molecule has 0 saturated heterocycles. The van der Waals surface area contributed by atoms with Crippen molar-refractivity contribution in [3.63, 3.8) is 0 Å². The zero-order chi connectivity index (χ0) is 14.3. The molecule has 1 aromatic rings. The molecule has 2 aliphatic rings. The first-order chi connectivity index (χ1) is 9.45. The molecule has 0 aliphatic heterocycles. The van der Waals surface area contributed by atoms with Gasteiger partial charge in [0.05, 0.1) is 4.90 Å². The molecule has 4 atom stereocenters. The summed E-state index contributed by atoms with van der Waals surface area (Å²) < 4.78 is 27.6. The number of rotatable bonds is 4. The summed E-state index contributed by atoms with van der Waals surface area (Å²) in [6.45, 7) is 2.00. The first kappa shape index (κ1) is 14.4. The highest BCUT2D eigenvalue weighted by Gasteiger charge is 2.42. The second-order valence-corrected chi connectivity index (χ2v) is 8.35. The Hall–Kier alpha value is -0.580. The second kappa shape index (κ2) is 5.32. The van der Waals surface area contributed by atoms with E-state index in [1.54, 1.807) is 24.3 Å². The van der Waals surface area contributed by atoms with Crippen LogP contribution in [0.25, 0.3) is 0 Å². The monoisotopic (exact) mass is 313 g/mol. The van der Waals surface area contributed by atoms with Crippen LogP contribution in [0.15, 0.2) is 29.2 Å². The topological polar surface area (TPSA) is 46.2 Å². The number of fused-ring (bicyclic) bond motifs is 2. The largest absolute Gasteiger partial charge is 0.240 e. The van der Waals surface area contributed by atoms with Gasteiger partial charge in [-0.3, -0.25) is 0 Å². The third-order valence-corrected chi connectivity index (χ3v) is 6.73. The van der Waals surface area contributed by atoms with Gasteiger partial charge in [-0.25, -0.2) is 13.1 Å². The Morgan fingerprint density at radius 3 is 2.45 bits per heavy atom. The molecule has 0 amide bonds. The highest BCUT2D eigenvalue weighted by atomic mass is 35.5. The highest BCUT2D eigenvalue weighted by Crippen LogP contribution is 2.49. The van der Waals surface area contributed by atoms with Crippen LogP contribution in [0.3, 0.4) is 0 Å². The first-order valence-electron chi connectivity index (χ1n) is 7.23. The zero-order valence-electron chi connectivity index (χ0n) is 11.5. The molecule has 110 valence electrons. The van der Waals surface area contributed by atoms with Crippen LogP contribution in [0.5, 0.6) is 0 Å².